The lowest BCUT2D eigenvalue weighted by Gasteiger charge is -2.12. The van der Waals surface area contributed by atoms with Crippen molar-refractivity contribution < 1.29 is 26.6 Å². The van der Waals surface area contributed by atoms with Crippen molar-refractivity contribution in [1.82, 2.24) is 0 Å². The Labute approximate surface area is 92.7 Å². The maximum atomic E-state index is 11.1. The van der Waals surface area contributed by atoms with Crippen molar-refractivity contribution in [1.29, 1.82) is 0 Å². The highest BCUT2D eigenvalue weighted by molar-refractivity contribution is 7.82. The monoisotopic (exact) mass is 246 g/mol. The zero-order valence-corrected chi connectivity index (χ0v) is 9.45. The summed E-state index contributed by atoms with van der Waals surface area (Å²) in [6.45, 7) is 1.48. The molecule has 1 aromatic carbocycles. The summed E-state index contributed by atoms with van der Waals surface area (Å²) in [5.74, 6) is 0.375. The molecule has 1 N–H and O–H groups in total. The number of hydrogen-bond donors (Lipinski definition) is 1. The molecule has 16 heavy (non-hydrogen) atoms. The minimum Gasteiger partial charge on any atom is -0.496 e. The number of rotatable bonds is 2. The van der Waals surface area contributed by atoms with Gasteiger partial charge in [-0.3, -0.25) is 0 Å². The summed E-state index contributed by atoms with van der Waals surface area (Å²) in [5, 5.41) is 9.56. The Bertz CT molecular complexity index is 519. The molecule has 1 heterocycles. The molecule has 1 atom stereocenters. The van der Waals surface area contributed by atoms with Crippen LogP contribution in [-0.2, 0) is 10.4 Å². The molecular weight excluding hydrogens is 236 g/mol. The second-order valence-corrected chi connectivity index (χ2v) is 4.41. The third kappa shape index (κ3) is 1.68. The van der Waals surface area contributed by atoms with E-state index in [4.69, 9.17) is 4.74 Å². The maximum Gasteiger partial charge on any atom is 0.501 e. The van der Waals surface area contributed by atoms with Gasteiger partial charge in [-0.1, -0.05) is 0 Å². The van der Waals surface area contributed by atoms with Crippen molar-refractivity contribution in [2.45, 2.75) is 13.0 Å². The lowest BCUT2D eigenvalue weighted by Crippen LogP contribution is -2.08. The molecule has 2 rings (SSSR count). The Balaban J connectivity index is 2.64. The van der Waals surface area contributed by atoms with E-state index in [1.54, 1.807) is 0 Å². The van der Waals surface area contributed by atoms with Crippen LogP contribution in [-0.4, -0.2) is 20.6 Å². The van der Waals surface area contributed by atoms with Gasteiger partial charge in [0.2, 0.25) is 0 Å². The van der Waals surface area contributed by atoms with Crippen molar-refractivity contribution in [3.63, 3.8) is 0 Å². The van der Waals surface area contributed by atoms with Crippen molar-refractivity contribution in [3.05, 3.63) is 17.7 Å². The lowest BCUT2D eigenvalue weighted by atomic mass is 10.1. The zero-order chi connectivity index (χ0) is 11.9. The normalized spacial score (nSPS) is 18.2. The Hall–Kier alpha value is -1.47. The summed E-state index contributed by atoms with van der Waals surface area (Å²) in [6, 6.07) is 2.91. The number of benzene rings is 1. The number of aliphatic hydroxyl groups excluding tert-OH is 1. The molecule has 1 aliphatic rings. The molecule has 0 saturated carbocycles. The highest BCUT2D eigenvalue weighted by Crippen LogP contribution is 2.45. The molecule has 7 heteroatoms. The van der Waals surface area contributed by atoms with Gasteiger partial charge in [0.15, 0.2) is 11.5 Å². The first-order chi connectivity index (χ1) is 7.44. The topological polar surface area (TPSA) is 82.1 Å². The summed E-state index contributed by atoms with van der Waals surface area (Å²) >= 11 is 0. The fourth-order valence-corrected chi connectivity index (χ4v) is 2.28. The molecule has 88 valence electrons. The van der Waals surface area contributed by atoms with Gasteiger partial charge in [-0.2, -0.15) is 0 Å². The average Bonchev–Trinajstić information content (AvgIpc) is 2.49. The molecule has 0 saturated heterocycles. The number of hydrogen-bond acceptors (Lipinski definition) is 6. The first kappa shape index (κ1) is 11.0. The predicted octanol–water partition coefficient (Wildman–Crippen LogP) is 0.765. The summed E-state index contributed by atoms with van der Waals surface area (Å²) in [5.41, 5.74) is 0.251. The third-order valence-electron chi connectivity index (χ3n) is 2.13. The standard InChI is InChI=1S/C9H10O6S/c1-5(10)8-6(13-2)3-4-7-9(8)15-16(11,12)14-7/h3-5,10H,1-2H3. The van der Waals surface area contributed by atoms with Gasteiger partial charge in [-0.05, 0) is 19.1 Å². The van der Waals surface area contributed by atoms with Crippen LogP contribution in [0.1, 0.15) is 18.6 Å². The minimum atomic E-state index is -4.05. The van der Waals surface area contributed by atoms with E-state index in [1.807, 2.05) is 0 Å². The molecular formula is C9H10O6S. The van der Waals surface area contributed by atoms with Gasteiger partial charge in [0.25, 0.3) is 0 Å². The van der Waals surface area contributed by atoms with E-state index in [0.717, 1.165) is 0 Å². The molecule has 0 fully saturated rings. The van der Waals surface area contributed by atoms with Crippen LogP contribution in [0.15, 0.2) is 12.1 Å². The van der Waals surface area contributed by atoms with E-state index in [2.05, 4.69) is 8.37 Å². The maximum absolute atomic E-state index is 11.1. The van der Waals surface area contributed by atoms with Gasteiger partial charge in [-0.25, -0.2) is 0 Å². The third-order valence-corrected chi connectivity index (χ3v) is 2.89. The molecule has 0 aliphatic carbocycles. The first-order valence-corrected chi connectivity index (χ1v) is 5.81. The van der Waals surface area contributed by atoms with Crippen LogP contribution in [0.3, 0.4) is 0 Å². The number of aliphatic hydroxyl groups is 1. The number of ether oxygens (including phenoxy) is 1. The van der Waals surface area contributed by atoms with Crippen molar-refractivity contribution in [2.75, 3.05) is 7.11 Å². The van der Waals surface area contributed by atoms with E-state index in [-0.39, 0.29) is 17.1 Å². The molecule has 1 aliphatic heterocycles. The van der Waals surface area contributed by atoms with Crippen LogP contribution in [0.4, 0.5) is 0 Å². The van der Waals surface area contributed by atoms with E-state index >= 15 is 0 Å². The lowest BCUT2D eigenvalue weighted by molar-refractivity contribution is 0.192. The van der Waals surface area contributed by atoms with Gasteiger partial charge >= 0.3 is 10.4 Å². The fourth-order valence-electron chi connectivity index (χ4n) is 1.52. The largest absolute Gasteiger partial charge is 0.501 e. The van der Waals surface area contributed by atoms with Crippen molar-refractivity contribution >= 4 is 10.4 Å². The van der Waals surface area contributed by atoms with Crippen molar-refractivity contribution in [2.24, 2.45) is 0 Å². The van der Waals surface area contributed by atoms with Crippen LogP contribution < -0.4 is 13.1 Å². The van der Waals surface area contributed by atoms with E-state index in [0.29, 0.717) is 5.75 Å². The molecule has 0 bridgehead atoms. The molecule has 0 radical (unpaired) electrons. The molecule has 0 amide bonds. The Morgan fingerprint density at radius 3 is 2.62 bits per heavy atom. The molecule has 6 nitrogen and oxygen atoms in total. The van der Waals surface area contributed by atoms with E-state index < -0.39 is 16.5 Å². The summed E-state index contributed by atoms with van der Waals surface area (Å²) in [6.07, 6.45) is -0.929. The second kappa shape index (κ2) is 3.53. The molecule has 1 unspecified atom stereocenters. The summed E-state index contributed by atoms with van der Waals surface area (Å²) in [7, 11) is -2.64. The highest BCUT2D eigenvalue weighted by Gasteiger charge is 2.33. The van der Waals surface area contributed by atoms with Crippen LogP contribution in [0.5, 0.6) is 17.2 Å². The number of fused-ring (bicyclic) bond motifs is 1. The number of methoxy groups -OCH3 is 1. The molecule has 1 aromatic rings. The quantitative estimate of drug-likeness (QED) is 0.829. The Kier molecular flexibility index (Phi) is 2.43. The highest BCUT2D eigenvalue weighted by atomic mass is 32.3. The SMILES string of the molecule is COc1ccc2c(c1C(C)O)OS(=O)(=O)O2. The van der Waals surface area contributed by atoms with Crippen LogP contribution >= 0.6 is 0 Å². The summed E-state index contributed by atoms with van der Waals surface area (Å²) in [4.78, 5) is 0. The van der Waals surface area contributed by atoms with Gasteiger partial charge in [0.05, 0.1) is 18.8 Å². The smallest absolute Gasteiger partial charge is 0.496 e. The van der Waals surface area contributed by atoms with E-state index in [9.17, 15) is 13.5 Å². The van der Waals surface area contributed by atoms with Gasteiger partial charge in [0, 0.05) is 0 Å². The fraction of sp³-hybridized carbons (Fsp3) is 0.333. The van der Waals surface area contributed by atoms with Gasteiger partial charge in [-0.15, -0.1) is 8.42 Å². The molecule has 0 aromatic heterocycles. The average molecular weight is 246 g/mol. The Morgan fingerprint density at radius 1 is 1.38 bits per heavy atom. The Morgan fingerprint density at radius 2 is 2.06 bits per heavy atom. The predicted molar refractivity (Wildman–Crippen MR) is 53.8 cm³/mol. The summed E-state index contributed by atoms with van der Waals surface area (Å²) < 4.78 is 36.4. The van der Waals surface area contributed by atoms with Crippen molar-refractivity contribution in [3.8, 4) is 17.2 Å². The van der Waals surface area contributed by atoms with Crippen LogP contribution in [0.25, 0.3) is 0 Å². The van der Waals surface area contributed by atoms with Gasteiger partial charge < -0.3 is 18.2 Å². The van der Waals surface area contributed by atoms with Crippen LogP contribution in [0.2, 0.25) is 0 Å². The van der Waals surface area contributed by atoms with Gasteiger partial charge in [0.1, 0.15) is 5.75 Å². The first-order valence-electron chi connectivity index (χ1n) is 4.47. The molecule has 0 spiro atoms. The van der Waals surface area contributed by atoms with E-state index in [1.165, 1.54) is 26.2 Å². The van der Waals surface area contributed by atoms with Crippen LogP contribution in [0, 0.1) is 0 Å². The second-order valence-electron chi connectivity index (χ2n) is 3.26. The zero-order valence-electron chi connectivity index (χ0n) is 8.63. The minimum absolute atomic E-state index is 0.0191.